The summed E-state index contributed by atoms with van der Waals surface area (Å²) < 4.78 is 0. The van der Waals surface area contributed by atoms with Crippen LogP contribution in [0.15, 0.2) is 18.3 Å². The van der Waals surface area contributed by atoms with E-state index in [-0.39, 0.29) is 0 Å². The Kier molecular flexibility index (Phi) is 2.60. The smallest absolute Gasteiger partial charge is 0.253 e. The molecular formula is C8H8ClNO. The molecule has 0 fully saturated rings. The molecule has 1 aromatic rings. The van der Waals surface area contributed by atoms with Crippen molar-refractivity contribution in [3.63, 3.8) is 0 Å². The Morgan fingerprint density at radius 2 is 2.36 bits per heavy atom. The van der Waals surface area contributed by atoms with Crippen molar-refractivity contribution in [1.29, 1.82) is 0 Å². The van der Waals surface area contributed by atoms with Gasteiger partial charge in [-0.25, -0.2) is 0 Å². The van der Waals surface area contributed by atoms with E-state index in [2.05, 4.69) is 4.98 Å². The highest BCUT2D eigenvalue weighted by molar-refractivity contribution is 6.67. The monoisotopic (exact) mass is 169 g/mol. The molecule has 1 aromatic heterocycles. The zero-order valence-corrected chi connectivity index (χ0v) is 6.93. The molecule has 0 saturated heterocycles. The van der Waals surface area contributed by atoms with Gasteiger partial charge in [-0.2, -0.15) is 0 Å². The van der Waals surface area contributed by atoms with Gasteiger partial charge in [0.05, 0.1) is 5.56 Å². The topological polar surface area (TPSA) is 30.0 Å². The second-order valence-electron chi connectivity index (χ2n) is 2.17. The van der Waals surface area contributed by atoms with E-state index in [1.807, 2.05) is 6.92 Å². The fourth-order valence-electron chi connectivity index (χ4n) is 0.750. The van der Waals surface area contributed by atoms with E-state index in [9.17, 15) is 4.79 Å². The van der Waals surface area contributed by atoms with Crippen LogP contribution in [0.2, 0.25) is 0 Å². The van der Waals surface area contributed by atoms with Gasteiger partial charge in [0.25, 0.3) is 5.24 Å². The number of carbonyl (C=O) groups excluding carboxylic acids is 1. The number of rotatable bonds is 2. The van der Waals surface area contributed by atoms with Crippen LogP contribution in [0.5, 0.6) is 0 Å². The third-order valence-corrected chi connectivity index (χ3v) is 1.63. The second kappa shape index (κ2) is 3.49. The number of aromatic nitrogens is 1. The lowest BCUT2D eigenvalue weighted by Gasteiger charge is -1.95. The van der Waals surface area contributed by atoms with Gasteiger partial charge in [0, 0.05) is 11.9 Å². The molecule has 0 bridgehead atoms. The number of pyridine rings is 1. The number of hydrogen-bond donors (Lipinski definition) is 0. The Bertz CT molecular complexity index is 255. The molecule has 0 aliphatic carbocycles. The Morgan fingerprint density at radius 1 is 1.64 bits per heavy atom. The maximum Gasteiger partial charge on any atom is 0.253 e. The normalized spacial score (nSPS) is 9.64. The maximum atomic E-state index is 10.6. The van der Waals surface area contributed by atoms with Crippen molar-refractivity contribution in [1.82, 2.24) is 4.98 Å². The molecule has 3 heteroatoms. The first-order chi connectivity index (χ1) is 5.24. The molecule has 58 valence electrons. The number of nitrogens with zero attached hydrogens (tertiary/aromatic N) is 1. The van der Waals surface area contributed by atoms with Crippen LogP contribution in [0.3, 0.4) is 0 Å². The number of aryl methyl sites for hydroxylation is 1. The Hall–Kier alpha value is -0.890. The first kappa shape index (κ1) is 8.21. The highest BCUT2D eigenvalue weighted by Gasteiger charge is 2.00. The summed E-state index contributed by atoms with van der Waals surface area (Å²) in [5.74, 6) is 0. The molecule has 11 heavy (non-hydrogen) atoms. The molecule has 0 N–H and O–H groups in total. The molecule has 0 aliphatic heterocycles. The molecule has 0 spiro atoms. The first-order valence-corrected chi connectivity index (χ1v) is 3.76. The minimum absolute atomic E-state index is 0.448. The minimum atomic E-state index is -0.458. The van der Waals surface area contributed by atoms with E-state index >= 15 is 0 Å². The predicted octanol–water partition coefficient (Wildman–Crippen LogP) is 2.02. The lowest BCUT2D eigenvalue weighted by Crippen LogP contribution is -1.92. The lowest BCUT2D eigenvalue weighted by molar-refractivity contribution is 0.108. The molecule has 0 saturated carbocycles. The second-order valence-corrected chi connectivity index (χ2v) is 2.51. The highest BCUT2D eigenvalue weighted by Crippen LogP contribution is 2.03. The van der Waals surface area contributed by atoms with Crippen molar-refractivity contribution >= 4 is 16.8 Å². The molecule has 1 rings (SSSR count). The first-order valence-electron chi connectivity index (χ1n) is 3.38. The summed E-state index contributed by atoms with van der Waals surface area (Å²) in [5, 5.41) is -0.458. The Morgan fingerprint density at radius 3 is 2.73 bits per heavy atom. The van der Waals surface area contributed by atoms with Crippen molar-refractivity contribution in [3.05, 3.63) is 29.6 Å². The summed E-state index contributed by atoms with van der Waals surface area (Å²) in [7, 11) is 0. The van der Waals surface area contributed by atoms with Gasteiger partial charge >= 0.3 is 0 Å². The summed E-state index contributed by atoms with van der Waals surface area (Å²) >= 11 is 5.22. The Labute approximate surface area is 70.2 Å². The molecule has 0 amide bonds. The van der Waals surface area contributed by atoms with Crippen molar-refractivity contribution < 1.29 is 4.79 Å². The third kappa shape index (κ3) is 2.02. The van der Waals surface area contributed by atoms with Gasteiger partial charge in [0.2, 0.25) is 0 Å². The molecular weight excluding hydrogens is 162 g/mol. The van der Waals surface area contributed by atoms with Gasteiger partial charge in [-0.05, 0) is 30.2 Å². The predicted molar refractivity (Wildman–Crippen MR) is 43.8 cm³/mol. The summed E-state index contributed by atoms with van der Waals surface area (Å²) in [6, 6.07) is 3.48. The average Bonchev–Trinajstić information content (AvgIpc) is 2.05. The van der Waals surface area contributed by atoms with Crippen LogP contribution >= 0.6 is 11.6 Å². The molecule has 0 radical (unpaired) electrons. The van der Waals surface area contributed by atoms with E-state index in [1.165, 1.54) is 6.20 Å². The fourth-order valence-corrected chi connectivity index (χ4v) is 0.862. The van der Waals surface area contributed by atoms with E-state index in [0.717, 1.165) is 12.1 Å². The van der Waals surface area contributed by atoms with E-state index in [1.54, 1.807) is 12.1 Å². The molecule has 0 aliphatic rings. The molecule has 0 atom stereocenters. The average molecular weight is 170 g/mol. The van der Waals surface area contributed by atoms with E-state index in [4.69, 9.17) is 11.6 Å². The summed E-state index contributed by atoms with van der Waals surface area (Å²) in [5.41, 5.74) is 1.41. The van der Waals surface area contributed by atoms with Crippen LogP contribution in [-0.4, -0.2) is 10.2 Å². The molecule has 1 heterocycles. The minimum Gasteiger partial charge on any atom is -0.276 e. The zero-order chi connectivity index (χ0) is 8.27. The number of carbonyl (C=O) groups is 1. The lowest BCUT2D eigenvalue weighted by atomic mass is 10.2. The highest BCUT2D eigenvalue weighted by atomic mass is 35.5. The van der Waals surface area contributed by atoms with Crippen LogP contribution in [0, 0.1) is 0 Å². The quantitative estimate of drug-likeness (QED) is 0.634. The van der Waals surface area contributed by atoms with Crippen molar-refractivity contribution in [2.45, 2.75) is 13.3 Å². The van der Waals surface area contributed by atoms with Crippen molar-refractivity contribution in [3.8, 4) is 0 Å². The number of hydrogen-bond acceptors (Lipinski definition) is 2. The van der Waals surface area contributed by atoms with Gasteiger partial charge < -0.3 is 0 Å². The zero-order valence-electron chi connectivity index (χ0n) is 6.17. The van der Waals surface area contributed by atoms with Gasteiger partial charge in [0.15, 0.2) is 0 Å². The standard InChI is InChI=1S/C8H8ClNO/c1-2-7-4-3-6(5-10-7)8(9)11/h3-5H,2H2,1H3. The van der Waals surface area contributed by atoms with Crippen molar-refractivity contribution in [2.75, 3.05) is 0 Å². The van der Waals surface area contributed by atoms with Crippen LogP contribution in [0.4, 0.5) is 0 Å². The largest absolute Gasteiger partial charge is 0.276 e. The maximum absolute atomic E-state index is 10.6. The van der Waals surface area contributed by atoms with E-state index < -0.39 is 5.24 Å². The molecule has 0 aromatic carbocycles. The molecule has 0 unspecified atom stereocenters. The summed E-state index contributed by atoms with van der Waals surface area (Å²) in [4.78, 5) is 14.6. The Balaban J connectivity index is 2.91. The SMILES string of the molecule is CCc1ccc(C(=O)Cl)cn1. The summed E-state index contributed by atoms with van der Waals surface area (Å²) in [6.07, 6.45) is 2.37. The molecule has 2 nitrogen and oxygen atoms in total. The van der Waals surface area contributed by atoms with Gasteiger partial charge in [-0.1, -0.05) is 6.92 Å². The summed E-state index contributed by atoms with van der Waals surface area (Å²) in [6.45, 7) is 2.00. The van der Waals surface area contributed by atoms with Crippen LogP contribution in [-0.2, 0) is 6.42 Å². The van der Waals surface area contributed by atoms with Gasteiger partial charge in [-0.15, -0.1) is 0 Å². The van der Waals surface area contributed by atoms with Crippen LogP contribution in [0.1, 0.15) is 23.0 Å². The van der Waals surface area contributed by atoms with Crippen molar-refractivity contribution in [2.24, 2.45) is 0 Å². The van der Waals surface area contributed by atoms with Gasteiger partial charge in [-0.3, -0.25) is 9.78 Å². The van der Waals surface area contributed by atoms with Crippen LogP contribution < -0.4 is 0 Å². The fraction of sp³-hybridized carbons (Fsp3) is 0.250. The number of halogens is 1. The van der Waals surface area contributed by atoms with Gasteiger partial charge in [0.1, 0.15) is 0 Å². The third-order valence-electron chi connectivity index (χ3n) is 1.41. The van der Waals surface area contributed by atoms with Crippen LogP contribution in [0.25, 0.3) is 0 Å². The van der Waals surface area contributed by atoms with E-state index in [0.29, 0.717) is 5.56 Å².